The molecule has 0 spiro atoms. The average molecular weight is 339 g/mol. The molecular formula is C19H21N3O3. The number of anilines is 3. The number of methoxy groups -OCH3 is 1. The van der Waals surface area contributed by atoms with E-state index in [4.69, 9.17) is 4.74 Å². The third-order valence-electron chi connectivity index (χ3n) is 4.10. The summed E-state index contributed by atoms with van der Waals surface area (Å²) in [6, 6.07) is 14.5. The summed E-state index contributed by atoms with van der Waals surface area (Å²) in [5, 5.41) is 6.03. The number of benzene rings is 2. The lowest BCUT2D eigenvalue weighted by Crippen LogP contribution is -2.55. The number of nitrogens with one attached hydrogen (secondary N) is 2. The van der Waals surface area contributed by atoms with E-state index in [2.05, 4.69) is 10.6 Å². The van der Waals surface area contributed by atoms with E-state index < -0.39 is 5.54 Å². The number of ether oxygens (including phenoxy) is 1. The quantitative estimate of drug-likeness (QED) is 0.898. The maximum absolute atomic E-state index is 12.7. The third-order valence-corrected chi connectivity index (χ3v) is 4.10. The lowest BCUT2D eigenvalue weighted by Gasteiger charge is -2.39. The zero-order valence-electron chi connectivity index (χ0n) is 14.5. The number of para-hydroxylation sites is 2. The maximum Gasteiger partial charge on any atom is 0.252 e. The highest BCUT2D eigenvalue weighted by Crippen LogP contribution is 2.34. The minimum atomic E-state index is -0.769. The number of amides is 2. The number of carbonyl (C=O) groups excluding carboxylic acids is 2. The molecule has 6 nitrogen and oxygen atoms in total. The maximum atomic E-state index is 12.7. The summed E-state index contributed by atoms with van der Waals surface area (Å²) < 4.78 is 5.10. The molecule has 0 bridgehead atoms. The van der Waals surface area contributed by atoms with Gasteiger partial charge in [0, 0.05) is 5.69 Å². The molecule has 0 saturated carbocycles. The fraction of sp³-hybridized carbons (Fsp3) is 0.263. The van der Waals surface area contributed by atoms with E-state index in [1.807, 2.05) is 24.3 Å². The molecule has 2 N–H and O–H groups in total. The first-order valence-electron chi connectivity index (χ1n) is 8.04. The van der Waals surface area contributed by atoms with Crippen LogP contribution in [0, 0.1) is 0 Å². The Morgan fingerprint density at radius 2 is 1.84 bits per heavy atom. The van der Waals surface area contributed by atoms with Gasteiger partial charge in [0.15, 0.2) is 0 Å². The number of fused-ring (bicyclic) bond motifs is 1. The van der Waals surface area contributed by atoms with Crippen molar-refractivity contribution >= 4 is 28.9 Å². The van der Waals surface area contributed by atoms with E-state index in [9.17, 15) is 9.59 Å². The first-order chi connectivity index (χ1) is 11.9. The molecule has 1 heterocycles. The molecule has 0 unspecified atom stereocenters. The zero-order chi connectivity index (χ0) is 18.0. The van der Waals surface area contributed by atoms with Gasteiger partial charge in [-0.3, -0.25) is 14.5 Å². The molecule has 1 aliphatic heterocycles. The minimum absolute atomic E-state index is 0.0486. The molecular weight excluding hydrogens is 318 g/mol. The fourth-order valence-corrected chi connectivity index (χ4v) is 2.83. The summed E-state index contributed by atoms with van der Waals surface area (Å²) in [6.45, 7) is 3.56. The van der Waals surface area contributed by atoms with E-state index in [-0.39, 0.29) is 18.4 Å². The SMILES string of the molecule is COc1ccc(NC(=O)CN2C(=O)C(C)(C)Nc3ccccc32)cc1. The van der Waals surface area contributed by atoms with Crippen LogP contribution in [0.5, 0.6) is 5.75 Å². The van der Waals surface area contributed by atoms with Gasteiger partial charge in [-0.15, -0.1) is 0 Å². The molecule has 25 heavy (non-hydrogen) atoms. The van der Waals surface area contributed by atoms with Crippen LogP contribution in [0.3, 0.4) is 0 Å². The molecule has 0 saturated heterocycles. The Labute approximate surface area is 146 Å². The van der Waals surface area contributed by atoms with E-state index in [1.165, 1.54) is 4.90 Å². The van der Waals surface area contributed by atoms with Crippen molar-refractivity contribution in [2.24, 2.45) is 0 Å². The van der Waals surface area contributed by atoms with Gasteiger partial charge in [0.1, 0.15) is 17.8 Å². The predicted molar refractivity (Wildman–Crippen MR) is 98.1 cm³/mol. The molecule has 0 aromatic heterocycles. The molecule has 2 aromatic carbocycles. The lowest BCUT2D eigenvalue weighted by atomic mass is 9.98. The van der Waals surface area contributed by atoms with Crippen molar-refractivity contribution < 1.29 is 14.3 Å². The molecule has 0 radical (unpaired) electrons. The number of rotatable bonds is 4. The molecule has 0 fully saturated rings. The number of carbonyl (C=O) groups is 2. The van der Waals surface area contributed by atoms with Crippen molar-refractivity contribution in [2.75, 3.05) is 29.2 Å². The van der Waals surface area contributed by atoms with Crippen LogP contribution < -0.4 is 20.3 Å². The summed E-state index contributed by atoms with van der Waals surface area (Å²) in [6.07, 6.45) is 0. The summed E-state index contributed by atoms with van der Waals surface area (Å²) in [7, 11) is 1.59. The number of hydrogen-bond donors (Lipinski definition) is 2. The van der Waals surface area contributed by atoms with Gasteiger partial charge in [0.2, 0.25) is 5.91 Å². The smallest absolute Gasteiger partial charge is 0.252 e. The van der Waals surface area contributed by atoms with Crippen molar-refractivity contribution in [1.29, 1.82) is 0 Å². The topological polar surface area (TPSA) is 70.7 Å². The number of hydrogen-bond acceptors (Lipinski definition) is 4. The molecule has 2 amide bonds. The summed E-state index contributed by atoms with van der Waals surface area (Å²) in [5.41, 5.74) is 1.43. The van der Waals surface area contributed by atoms with Gasteiger partial charge in [-0.05, 0) is 50.2 Å². The zero-order valence-corrected chi connectivity index (χ0v) is 14.5. The van der Waals surface area contributed by atoms with Gasteiger partial charge in [-0.1, -0.05) is 12.1 Å². The van der Waals surface area contributed by atoms with Crippen LogP contribution >= 0.6 is 0 Å². The third kappa shape index (κ3) is 3.42. The van der Waals surface area contributed by atoms with Gasteiger partial charge in [-0.2, -0.15) is 0 Å². The molecule has 1 aliphatic rings. The first-order valence-corrected chi connectivity index (χ1v) is 8.04. The predicted octanol–water partition coefficient (Wildman–Crippen LogP) is 2.87. The first kappa shape index (κ1) is 16.8. The summed E-state index contributed by atoms with van der Waals surface area (Å²) >= 11 is 0. The Morgan fingerprint density at radius 1 is 1.16 bits per heavy atom. The van der Waals surface area contributed by atoms with Gasteiger partial charge < -0.3 is 15.4 Å². The summed E-state index contributed by atoms with van der Waals surface area (Å²) in [5.74, 6) is 0.313. The van der Waals surface area contributed by atoms with Gasteiger partial charge in [-0.25, -0.2) is 0 Å². The standard InChI is InChI=1S/C19H21N3O3/c1-19(2)18(24)22(16-7-5-4-6-15(16)21-19)12-17(23)20-13-8-10-14(25-3)11-9-13/h4-11,21H,12H2,1-3H3,(H,20,23). The van der Waals surface area contributed by atoms with Gasteiger partial charge in [0.05, 0.1) is 18.5 Å². The molecule has 6 heteroatoms. The Hall–Kier alpha value is -3.02. The van der Waals surface area contributed by atoms with Crippen LogP contribution in [0.15, 0.2) is 48.5 Å². The Kier molecular flexibility index (Phi) is 4.35. The van der Waals surface area contributed by atoms with E-state index in [0.29, 0.717) is 17.1 Å². The summed E-state index contributed by atoms with van der Waals surface area (Å²) in [4.78, 5) is 26.7. The Balaban J connectivity index is 1.78. The van der Waals surface area contributed by atoms with Crippen LogP contribution in [0.1, 0.15) is 13.8 Å². The highest BCUT2D eigenvalue weighted by Gasteiger charge is 2.39. The van der Waals surface area contributed by atoms with E-state index in [1.54, 1.807) is 45.2 Å². The van der Waals surface area contributed by atoms with Gasteiger partial charge >= 0.3 is 0 Å². The minimum Gasteiger partial charge on any atom is -0.497 e. The highest BCUT2D eigenvalue weighted by atomic mass is 16.5. The second-order valence-electron chi connectivity index (χ2n) is 6.44. The molecule has 3 rings (SSSR count). The van der Waals surface area contributed by atoms with Crippen molar-refractivity contribution in [1.82, 2.24) is 0 Å². The van der Waals surface area contributed by atoms with Crippen molar-refractivity contribution in [2.45, 2.75) is 19.4 Å². The van der Waals surface area contributed by atoms with Crippen molar-refractivity contribution in [3.8, 4) is 5.75 Å². The molecule has 0 aliphatic carbocycles. The Bertz CT molecular complexity index is 800. The van der Waals surface area contributed by atoms with Crippen LogP contribution in [0.25, 0.3) is 0 Å². The van der Waals surface area contributed by atoms with Crippen LogP contribution in [-0.4, -0.2) is 31.0 Å². The Morgan fingerprint density at radius 3 is 2.52 bits per heavy atom. The molecule has 0 atom stereocenters. The second kappa shape index (κ2) is 6.47. The lowest BCUT2D eigenvalue weighted by molar-refractivity contribution is -0.124. The monoisotopic (exact) mass is 339 g/mol. The molecule has 130 valence electrons. The van der Waals surface area contributed by atoms with E-state index in [0.717, 1.165) is 5.69 Å². The average Bonchev–Trinajstić information content (AvgIpc) is 2.59. The highest BCUT2D eigenvalue weighted by molar-refractivity contribution is 6.11. The van der Waals surface area contributed by atoms with Crippen LogP contribution in [0.4, 0.5) is 17.1 Å². The normalized spacial score (nSPS) is 15.2. The molecule has 2 aromatic rings. The number of nitrogens with zero attached hydrogens (tertiary/aromatic N) is 1. The largest absolute Gasteiger partial charge is 0.497 e. The fourth-order valence-electron chi connectivity index (χ4n) is 2.83. The second-order valence-corrected chi connectivity index (χ2v) is 6.44. The van der Waals surface area contributed by atoms with Gasteiger partial charge in [0.25, 0.3) is 5.91 Å². The van der Waals surface area contributed by atoms with Crippen molar-refractivity contribution in [3.05, 3.63) is 48.5 Å². The van der Waals surface area contributed by atoms with E-state index >= 15 is 0 Å². The van der Waals surface area contributed by atoms with Crippen LogP contribution in [0.2, 0.25) is 0 Å². The van der Waals surface area contributed by atoms with Crippen molar-refractivity contribution in [3.63, 3.8) is 0 Å². The van der Waals surface area contributed by atoms with Crippen LogP contribution in [-0.2, 0) is 9.59 Å².